The van der Waals surface area contributed by atoms with E-state index in [0.717, 1.165) is 17.8 Å². The van der Waals surface area contributed by atoms with E-state index >= 15 is 0 Å². The van der Waals surface area contributed by atoms with Crippen LogP contribution in [0.2, 0.25) is 0 Å². The molecule has 2 aliphatic carbocycles. The molecular formula is C16H31NO. The highest BCUT2D eigenvalue weighted by atomic mass is 16.5. The molecule has 1 N–H and O–H groups in total. The van der Waals surface area contributed by atoms with Gasteiger partial charge in [-0.25, -0.2) is 0 Å². The second-order valence-electron chi connectivity index (χ2n) is 6.77. The minimum atomic E-state index is 0.125. The van der Waals surface area contributed by atoms with E-state index in [9.17, 15) is 0 Å². The van der Waals surface area contributed by atoms with Gasteiger partial charge in [0.25, 0.3) is 0 Å². The van der Waals surface area contributed by atoms with Crippen molar-refractivity contribution in [2.75, 3.05) is 14.2 Å². The van der Waals surface area contributed by atoms with Gasteiger partial charge in [-0.05, 0) is 50.5 Å². The molecule has 0 amide bonds. The highest BCUT2D eigenvalue weighted by Gasteiger charge is 2.45. The van der Waals surface area contributed by atoms with Gasteiger partial charge in [-0.1, -0.05) is 33.1 Å². The number of methoxy groups -OCH3 is 1. The molecule has 2 saturated carbocycles. The van der Waals surface area contributed by atoms with Gasteiger partial charge >= 0.3 is 0 Å². The van der Waals surface area contributed by atoms with E-state index in [1.54, 1.807) is 0 Å². The van der Waals surface area contributed by atoms with Gasteiger partial charge in [-0.2, -0.15) is 0 Å². The smallest absolute Gasteiger partial charge is 0.0833 e. The van der Waals surface area contributed by atoms with Crippen molar-refractivity contribution in [3.63, 3.8) is 0 Å². The molecule has 0 spiro atoms. The number of hydrogen-bond acceptors (Lipinski definition) is 2. The highest BCUT2D eigenvalue weighted by Crippen LogP contribution is 2.43. The summed E-state index contributed by atoms with van der Waals surface area (Å²) in [6, 6.07) is 0.556. The predicted octanol–water partition coefficient (Wildman–Crippen LogP) is 3.61. The van der Waals surface area contributed by atoms with Gasteiger partial charge in [0.2, 0.25) is 0 Å². The van der Waals surface area contributed by atoms with Crippen LogP contribution in [-0.4, -0.2) is 25.8 Å². The summed E-state index contributed by atoms with van der Waals surface area (Å²) in [6.45, 7) is 4.84. The lowest BCUT2D eigenvalue weighted by Crippen LogP contribution is -2.54. The fourth-order valence-corrected chi connectivity index (χ4v) is 4.44. The number of hydrogen-bond donors (Lipinski definition) is 1. The first kappa shape index (κ1) is 14.3. The van der Waals surface area contributed by atoms with Crippen LogP contribution >= 0.6 is 0 Å². The van der Waals surface area contributed by atoms with Crippen molar-refractivity contribution in [1.82, 2.24) is 5.32 Å². The standard InChI is InChI=1S/C16H31NO/c1-12-7-8-14(11-13(12)2)15(17-3)16(18-4)9-5-6-10-16/h12-15,17H,5-11H2,1-4H3. The van der Waals surface area contributed by atoms with Crippen LogP contribution in [0.3, 0.4) is 0 Å². The van der Waals surface area contributed by atoms with Gasteiger partial charge in [0, 0.05) is 13.2 Å². The molecule has 0 radical (unpaired) electrons. The van der Waals surface area contributed by atoms with E-state index in [2.05, 4.69) is 26.2 Å². The molecule has 106 valence electrons. The third-order valence-corrected chi connectivity index (χ3v) is 5.84. The number of nitrogens with one attached hydrogen (secondary N) is 1. The Hall–Kier alpha value is -0.0800. The Bertz CT molecular complexity index is 260. The zero-order valence-corrected chi connectivity index (χ0v) is 12.7. The van der Waals surface area contributed by atoms with Gasteiger partial charge in [0.1, 0.15) is 0 Å². The summed E-state index contributed by atoms with van der Waals surface area (Å²) in [4.78, 5) is 0. The molecule has 0 bridgehead atoms. The Morgan fingerprint density at radius 3 is 2.28 bits per heavy atom. The molecule has 2 heteroatoms. The summed E-state index contributed by atoms with van der Waals surface area (Å²) in [5.74, 6) is 2.58. The van der Waals surface area contributed by atoms with E-state index in [1.165, 1.54) is 44.9 Å². The van der Waals surface area contributed by atoms with Crippen LogP contribution in [-0.2, 0) is 4.74 Å². The van der Waals surface area contributed by atoms with Crippen LogP contribution in [0.25, 0.3) is 0 Å². The Kier molecular flexibility index (Phi) is 4.71. The molecule has 0 aromatic heterocycles. The molecule has 2 nitrogen and oxygen atoms in total. The molecule has 2 rings (SSSR count). The first-order chi connectivity index (χ1) is 8.63. The Morgan fingerprint density at radius 2 is 1.78 bits per heavy atom. The summed E-state index contributed by atoms with van der Waals surface area (Å²) >= 11 is 0. The van der Waals surface area contributed by atoms with Crippen LogP contribution in [0.1, 0.15) is 58.8 Å². The van der Waals surface area contributed by atoms with Crippen molar-refractivity contribution in [3.05, 3.63) is 0 Å². The van der Waals surface area contributed by atoms with Crippen molar-refractivity contribution in [2.24, 2.45) is 17.8 Å². The molecule has 0 saturated heterocycles. The van der Waals surface area contributed by atoms with E-state index in [0.29, 0.717) is 6.04 Å². The second kappa shape index (κ2) is 5.92. The number of ether oxygens (including phenoxy) is 1. The summed E-state index contributed by atoms with van der Waals surface area (Å²) < 4.78 is 6.00. The van der Waals surface area contributed by atoms with Gasteiger partial charge in [0.15, 0.2) is 0 Å². The van der Waals surface area contributed by atoms with Crippen LogP contribution < -0.4 is 5.32 Å². The largest absolute Gasteiger partial charge is 0.377 e. The summed E-state index contributed by atoms with van der Waals surface area (Å²) in [6.07, 6.45) is 9.31. The fourth-order valence-electron chi connectivity index (χ4n) is 4.44. The van der Waals surface area contributed by atoms with Crippen LogP contribution in [0.4, 0.5) is 0 Å². The Morgan fingerprint density at radius 1 is 1.11 bits per heavy atom. The maximum absolute atomic E-state index is 6.00. The predicted molar refractivity (Wildman–Crippen MR) is 76.7 cm³/mol. The second-order valence-corrected chi connectivity index (χ2v) is 6.77. The molecule has 0 aromatic carbocycles. The fraction of sp³-hybridized carbons (Fsp3) is 1.00. The molecule has 2 aliphatic rings. The van der Waals surface area contributed by atoms with Crippen LogP contribution in [0.15, 0.2) is 0 Å². The summed E-state index contributed by atoms with van der Waals surface area (Å²) in [5.41, 5.74) is 0.125. The Labute approximate surface area is 113 Å². The Balaban J connectivity index is 2.08. The van der Waals surface area contributed by atoms with E-state index < -0.39 is 0 Å². The molecular weight excluding hydrogens is 222 g/mol. The zero-order chi connectivity index (χ0) is 13.2. The lowest BCUT2D eigenvalue weighted by Gasteiger charge is -2.44. The molecule has 4 atom stereocenters. The average molecular weight is 253 g/mol. The van der Waals surface area contributed by atoms with Crippen molar-refractivity contribution < 1.29 is 4.74 Å². The number of likely N-dealkylation sites (N-methyl/N-ethyl adjacent to an activating group) is 1. The first-order valence-corrected chi connectivity index (χ1v) is 7.85. The zero-order valence-electron chi connectivity index (χ0n) is 12.7. The van der Waals surface area contributed by atoms with Gasteiger partial charge < -0.3 is 10.1 Å². The topological polar surface area (TPSA) is 21.3 Å². The molecule has 2 fully saturated rings. The lowest BCUT2D eigenvalue weighted by molar-refractivity contribution is -0.0588. The third-order valence-electron chi connectivity index (χ3n) is 5.84. The van der Waals surface area contributed by atoms with E-state index in [-0.39, 0.29) is 5.60 Å². The quantitative estimate of drug-likeness (QED) is 0.826. The highest BCUT2D eigenvalue weighted by molar-refractivity contribution is 5.00. The third kappa shape index (κ3) is 2.60. The number of rotatable bonds is 4. The maximum atomic E-state index is 6.00. The SMILES string of the molecule is CNC(C1CCC(C)C(C)C1)C1(OC)CCCC1. The lowest BCUT2D eigenvalue weighted by atomic mass is 9.69. The summed E-state index contributed by atoms with van der Waals surface area (Å²) in [7, 11) is 4.05. The summed E-state index contributed by atoms with van der Waals surface area (Å²) in [5, 5.41) is 3.62. The van der Waals surface area contributed by atoms with Crippen molar-refractivity contribution in [2.45, 2.75) is 70.4 Å². The van der Waals surface area contributed by atoms with Crippen molar-refractivity contribution in [1.29, 1.82) is 0 Å². The van der Waals surface area contributed by atoms with Crippen molar-refractivity contribution >= 4 is 0 Å². The minimum Gasteiger partial charge on any atom is -0.377 e. The molecule has 0 heterocycles. The van der Waals surface area contributed by atoms with E-state index in [1.807, 2.05) is 7.11 Å². The maximum Gasteiger partial charge on any atom is 0.0833 e. The first-order valence-electron chi connectivity index (χ1n) is 7.85. The van der Waals surface area contributed by atoms with Crippen LogP contribution in [0.5, 0.6) is 0 Å². The molecule has 0 aliphatic heterocycles. The minimum absolute atomic E-state index is 0.125. The van der Waals surface area contributed by atoms with Gasteiger partial charge in [-0.15, -0.1) is 0 Å². The van der Waals surface area contributed by atoms with Crippen molar-refractivity contribution in [3.8, 4) is 0 Å². The molecule has 18 heavy (non-hydrogen) atoms. The average Bonchev–Trinajstić information content (AvgIpc) is 2.84. The van der Waals surface area contributed by atoms with E-state index in [4.69, 9.17) is 4.74 Å². The van der Waals surface area contributed by atoms with Gasteiger partial charge in [0.05, 0.1) is 5.60 Å². The van der Waals surface area contributed by atoms with Gasteiger partial charge in [-0.3, -0.25) is 0 Å². The normalized spacial score (nSPS) is 37.7. The molecule has 0 aromatic rings. The monoisotopic (exact) mass is 253 g/mol. The molecule has 4 unspecified atom stereocenters. The van der Waals surface area contributed by atoms with Crippen LogP contribution in [0, 0.1) is 17.8 Å².